The third-order valence-corrected chi connectivity index (χ3v) is 4.18. The molecule has 0 aliphatic carbocycles. The van der Waals surface area contributed by atoms with E-state index >= 15 is 0 Å². The molecule has 2 nitrogen and oxygen atoms in total. The van der Waals surface area contributed by atoms with Crippen LogP contribution in [0.5, 0.6) is 0 Å². The number of imidazole rings is 1. The maximum Gasteiger partial charge on any atom is 0.129 e. The quantitative estimate of drug-likeness (QED) is 0.595. The Morgan fingerprint density at radius 1 is 1.14 bits per heavy atom. The largest absolute Gasteiger partial charge is 0.295 e. The highest BCUT2D eigenvalue weighted by molar-refractivity contribution is 6.31. The fourth-order valence-electron chi connectivity index (χ4n) is 2.35. The van der Waals surface area contributed by atoms with E-state index in [-0.39, 0.29) is 11.7 Å². The molecular weight excluding hydrogens is 310 g/mol. The number of alkyl halides is 1. The minimum absolute atomic E-state index is 0.237. The maximum absolute atomic E-state index is 13.7. The van der Waals surface area contributed by atoms with Gasteiger partial charge in [-0.1, -0.05) is 17.7 Å². The van der Waals surface area contributed by atoms with E-state index < -0.39 is 0 Å². The van der Waals surface area contributed by atoms with E-state index in [1.807, 2.05) is 29.7 Å². The van der Waals surface area contributed by atoms with Crippen molar-refractivity contribution < 1.29 is 4.39 Å². The summed E-state index contributed by atoms with van der Waals surface area (Å²) in [5, 5.41) is 0.675. The number of fused-ring (bicyclic) bond motifs is 1. The highest BCUT2D eigenvalue weighted by atomic mass is 35.5. The van der Waals surface area contributed by atoms with Gasteiger partial charge in [0.1, 0.15) is 11.6 Å². The molecule has 0 bridgehead atoms. The van der Waals surface area contributed by atoms with E-state index in [9.17, 15) is 4.39 Å². The smallest absolute Gasteiger partial charge is 0.129 e. The van der Waals surface area contributed by atoms with Gasteiger partial charge in [-0.25, -0.2) is 9.37 Å². The van der Waals surface area contributed by atoms with Gasteiger partial charge in [-0.3, -0.25) is 4.57 Å². The number of benzene rings is 2. The molecular formula is C16H13Cl2FN2. The molecule has 108 valence electrons. The minimum atomic E-state index is -0.268. The van der Waals surface area contributed by atoms with E-state index in [0.29, 0.717) is 21.9 Å². The fourth-order valence-corrected chi connectivity index (χ4v) is 2.71. The predicted molar refractivity (Wildman–Crippen MR) is 85.1 cm³/mol. The third kappa shape index (κ3) is 2.41. The first-order chi connectivity index (χ1) is 10.0. The van der Waals surface area contributed by atoms with Gasteiger partial charge in [-0.15, -0.1) is 11.6 Å². The summed E-state index contributed by atoms with van der Waals surface area (Å²) in [4.78, 5) is 4.41. The van der Waals surface area contributed by atoms with E-state index in [2.05, 4.69) is 4.98 Å². The Morgan fingerprint density at radius 3 is 2.57 bits per heavy atom. The lowest BCUT2D eigenvalue weighted by Gasteiger charge is -2.10. The van der Waals surface area contributed by atoms with Gasteiger partial charge in [0.15, 0.2) is 0 Å². The summed E-state index contributed by atoms with van der Waals surface area (Å²) in [6, 6.07) is 8.98. The monoisotopic (exact) mass is 322 g/mol. The van der Waals surface area contributed by atoms with Gasteiger partial charge >= 0.3 is 0 Å². The van der Waals surface area contributed by atoms with Gasteiger partial charge in [0.2, 0.25) is 0 Å². The number of hydrogen-bond donors (Lipinski definition) is 0. The van der Waals surface area contributed by atoms with Gasteiger partial charge in [-0.2, -0.15) is 0 Å². The van der Waals surface area contributed by atoms with Crippen LogP contribution in [0.2, 0.25) is 5.02 Å². The lowest BCUT2D eigenvalue weighted by Crippen LogP contribution is -2.00. The molecule has 0 saturated carbocycles. The molecule has 3 rings (SSSR count). The zero-order valence-corrected chi connectivity index (χ0v) is 13.1. The van der Waals surface area contributed by atoms with Gasteiger partial charge < -0.3 is 0 Å². The Morgan fingerprint density at radius 2 is 1.90 bits per heavy atom. The summed E-state index contributed by atoms with van der Waals surface area (Å²) in [6.07, 6.45) is 0. The first kappa shape index (κ1) is 14.4. The molecule has 21 heavy (non-hydrogen) atoms. The average Bonchev–Trinajstić information content (AvgIpc) is 2.80. The zero-order chi connectivity index (χ0) is 15.1. The van der Waals surface area contributed by atoms with Crippen LogP contribution in [0, 0.1) is 19.7 Å². The van der Waals surface area contributed by atoms with Gasteiger partial charge in [0.25, 0.3) is 0 Å². The van der Waals surface area contributed by atoms with Gasteiger partial charge in [0, 0.05) is 16.8 Å². The van der Waals surface area contributed by atoms with Crippen molar-refractivity contribution in [2.45, 2.75) is 19.7 Å². The normalized spacial score (nSPS) is 11.3. The second kappa shape index (κ2) is 5.32. The lowest BCUT2D eigenvalue weighted by molar-refractivity contribution is 0.620. The first-order valence-corrected chi connectivity index (χ1v) is 7.42. The molecule has 5 heteroatoms. The molecule has 0 fully saturated rings. The van der Waals surface area contributed by atoms with Crippen molar-refractivity contribution >= 4 is 34.2 Å². The number of halogens is 3. The molecule has 0 atom stereocenters. The van der Waals surface area contributed by atoms with E-state index in [0.717, 1.165) is 16.8 Å². The Kier molecular flexibility index (Phi) is 3.64. The van der Waals surface area contributed by atoms with Gasteiger partial charge in [-0.05, 0) is 43.2 Å². The summed E-state index contributed by atoms with van der Waals surface area (Å²) in [6.45, 7) is 3.68. The molecule has 0 radical (unpaired) electrons. The van der Waals surface area contributed by atoms with E-state index in [4.69, 9.17) is 23.2 Å². The van der Waals surface area contributed by atoms with Crippen LogP contribution >= 0.6 is 23.2 Å². The van der Waals surface area contributed by atoms with Crippen LogP contribution in [0.1, 0.15) is 17.0 Å². The summed E-state index contributed by atoms with van der Waals surface area (Å²) in [7, 11) is 0. The molecule has 0 unspecified atom stereocenters. The lowest BCUT2D eigenvalue weighted by atomic mass is 10.2. The highest BCUT2D eigenvalue weighted by Crippen LogP contribution is 2.27. The molecule has 1 heterocycles. The molecule has 3 aromatic rings. The molecule has 0 aliphatic rings. The second-order valence-corrected chi connectivity index (χ2v) is 5.70. The van der Waals surface area contributed by atoms with Crippen LogP contribution in [0.15, 0.2) is 30.3 Å². The van der Waals surface area contributed by atoms with Crippen LogP contribution in [-0.4, -0.2) is 9.55 Å². The third-order valence-electron chi connectivity index (χ3n) is 3.54. The summed E-state index contributed by atoms with van der Waals surface area (Å²) < 4.78 is 15.6. The Labute approximate surface area is 132 Å². The maximum atomic E-state index is 13.7. The highest BCUT2D eigenvalue weighted by Gasteiger charge is 2.14. The van der Waals surface area contributed by atoms with Crippen molar-refractivity contribution in [1.82, 2.24) is 9.55 Å². The Bertz CT molecular complexity index is 840. The van der Waals surface area contributed by atoms with Crippen molar-refractivity contribution in [3.05, 3.63) is 58.1 Å². The average molecular weight is 323 g/mol. The van der Waals surface area contributed by atoms with Crippen LogP contribution in [0.3, 0.4) is 0 Å². The summed E-state index contributed by atoms with van der Waals surface area (Å²) in [5.74, 6) is 0.632. The van der Waals surface area contributed by atoms with Crippen LogP contribution in [0.25, 0.3) is 16.7 Å². The number of rotatable bonds is 2. The molecule has 0 spiro atoms. The number of nitrogens with zero attached hydrogens (tertiary/aromatic N) is 2. The van der Waals surface area contributed by atoms with Crippen molar-refractivity contribution in [2.24, 2.45) is 0 Å². The first-order valence-electron chi connectivity index (χ1n) is 6.51. The van der Waals surface area contributed by atoms with Crippen molar-refractivity contribution in [3.63, 3.8) is 0 Å². The van der Waals surface area contributed by atoms with Crippen molar-refractivity contribution in [2.75, 3.05) is 0 Å². The summed E-state index contributed by atoms with van der Waals surface area (Å²) >= 11 is 12.2. The number of aromatic nitrogens is 2. The Hall–Kier alpha value is -1.58. The number of hydrogen-bond acceptors (Lipinski definition) is 1. The minimum Gasteiger partial charge on any atom is -0.295 e. The standard InChI is InChI=1S/C16H13Cl2FN2/c1-9-3-4-11(6-12(9)18)21-15-5-10(2)13(19)7-14(15)20-16(21)8-17/h3-7H,8H2,1-2H3. The number of aryl methyl sites for hydroxylation is 2. The molecule has 0 N–H and O–H groups in total. The second-order valence-electron chi connectivity index (χ2n) is 5.02. The van der Waals surface area contributed by atoms with Crippen molar-refractivity contribution in [3.8, 4) is 5.69 Å². The SMILES string of the molecule is Cc1cc2c(cc1F)nc(CCl)n2-c1ccc(C)c(Cl)c1. The molecule has 0 saturated heterocycles. The van der Waals surface area contributed by atoms with Crippen LogP contribution in [-0.2, 0) is 5.88 Å². The van der Waals surface area contributed by atoms with E-state index in [1.165, 1.54) is 6.07 Å². The van der Waals surface area contributed by atoms with Crippen molar-refractivity contribution in [1.29, 1.82) is 0 Å². The van der Waals surface area contributed by atoms with Crippen LogP contribution in [0.4, 0.5) is 4.39 Å². The topological polar surface area (TPSA) is 17.8 Å². The fraction of sp³-hybridized carbons (Fsp3) is 0.188. The molecule has 0 aliphatic heterocycles. The van der Waals surface area contributed by atoms with E-state index in [1.54, 1.807) is 13.0 Å². The molecule has 1 aromatic heterocycles. The molecule has 2 aromatic carbocycles. The Balaban J connectivity index is 2.34. The van der Waals surface area contributed by atoms with Crippen LogP contribution < -0.4 is 0 Å². The zero-order valence-electron chi connectivity index (χ0n) is 11.6. The van der Waals surface area contributed by atoms with Gasteiger partial charge in [0.05, 0.1) is 16.9 Å². The summed E-state index contributed by atoms with van der Waals surface area (Å²) in [5.41, 5.74) is 3.85. The predicted octanol–water partition coefficient (Wildman–Crippen LogP) is 5.17. The molecule has 0 amide bonds.